The van der Waals surface area contributed by atoms with Gasteiger partial charge in [0.2, 0.25) is 10.0 Å². The third-order valence-electron chi connectivity index (χ3n) is 3.26. The van der Waals surface area contributed by atoms with Crippen molar-refractivity contribution < 1.29 is 16.8 Å². The summed E-state index contributed by atoms with van der Waals surface area (Å²) in [7, 11) is -7.20. The van der Waals surface area contributed by atoms with E-state index in [1.807, 2.05) is 0 Å². The van der Waals surface area contributed by atoms with Crippen LogP contribution in [0, 0.1) is 0 Å². The average molecular weight is 394 g/mol. The van der Waals surface area contributed by atoms with Crippen LogP contribution in [0.5, 0.6) is 0 Å². The third-order valence-corrected chi connectivity index (χ3v) is 8.41. The molecule has 0 saturated heterocycles. The molecule has 1 N–H and O–H groups in total. The molecule has 23 heavy (non-hydrogen) atoms. The maximum atomic E-state index is 12.8. The Hall–Kier alpha value is -0.930. The molecule has 0 fully saturated rings. The van der Waals surface area contributed by atoms with Crippen LogP contribution in [0.2, 0.25) is 5.02 Å². The van der Waals surface area contributed by atoms with E-state index in [0.717, 1.165) is 11.3 Å². The second-order valence-electron chi connectivity index (χ2n) is 4.77. The van der Waals surface area contributed by atoms with E-state index in [1.165, 1.54) is 13.0 Å². The number of benzene rings is 1. The normalized spacial score (nSPS) is 13.8. The quantitative estimate of drug-likeness (QED) is 0.784. The molecular formula is C14H16ClNO4S3. The minimum atomic E-state index is -3.71. The highest BCUT2D eigenvalue weighted by Gasteiger charge is 2.31. The summed E-state index contributed by atoms with van der Waals surface area (Å²) in [6, 6.07) is 9.52. The number of hydrogen-bond donors (Lipinski definition) is 1. The van der Waals surface area contributed by atoms with E-state index in [2.05, 4.69) is 4.72 Å². The van der Waals surface area contributed by atoms with Crippen LogP contribution in [0.4, 0.5) is 0 Å². The van der Waals surface area contributed by atoms with Crippen molar-refractivity contribution in [3.05, 3.63) is 52.4 Å². The molecule has 0 aliphatic rings. The lowest BCUT2D eigenvalue weighted by Gasteiger charge is -2.18. The monoisotopic (exact) mass is 393 g/mol. The maximum Gasteiger partial charge on any atom is 0.211 e. The highest BCUT2D eigenvalue weighted by Crippen LogP contribution is 2.31. The molecule has 0 radical (unpaired) electrons. The molecule has 0 aliphatic heterocycles. The van der Waals surface area contributed by atoms with Crippen molar-refractivity contribution >= 4 is 42.8 Å². The number of thiophene rings is 1. The standard InChI is InChI=1S/C14H16ClNO4S3/c1-2-22(17,18)16-10-13(11-5-7-12(15)8-6-11)23(19,20)14-4-3-9-21-14/h3-9,13,16H,2,10H2,1H3/t13-/m1/s1. The van der Waals surface area contributed by atoms with Crippen molar-refractivity contribution in [2.45, 2.75) is 16.4 Å². The maximum absolute atomic E-state index is 12.8. The average Bonchev–Trinajstić information content (AvgIpc) is 3.04. The van der Waals surface area contributed by atoms with E-state index in [4.69, 9.17) is 11.6 Å². The first kappa shape index (κ1) is 18.4. The zero-order valence-electron chi connectivity index (χ0n) is 12.3. The third kappa shape index (κ3) is 4.54. The van der Waals surface area contributed by atoms with Crippen LogP contribution in [0.25, 0.3) is 0 Å². The lowest BCUT2D eigenvalue weighted by atomic mass is 10.1. The summed E-state index contributed by atoms with van der Waals surface area (Å²) in [5.74, 6) is -0.112. The van der Waals surface area contributed by atoms with Crippen molar-refractivity contribution in [1.29, 1.82) is 0 Å². The van der Waals surface area contributed by atoms with Crippen molar-refractivity contribution in [2.24, 2.45) is 0 Å². The number of halogens is 1. The Morgan fingerprint density at radius 2 is 1.78 bits per heavy atom. The molecule has 1 atom stereocenters. The van der Waals surface area contributed by atoms with E-state index in [-0.39, 0.29) is 16.5 Å². The molecule has 0 amide bonds. The van der Waals surface area contributed by atoms with Crippen LogP contribution >= 0.6 is 22.9 Å². The summed E-state index contributed by atoms with van der Waals surface area (Å²) in [4.78, 5) is 0. The zero-order chi connectivity index (χ0) is 17.1. The molecule has 9 heteroatoms. The number of sulfone groups is 1. The van der Waals surface area contributed by atoms with E-state index in [0.29, 0.717) is 10.6 Å². The van der Waals surface area contributed by atoms with Gasteiger partial charge in [-0.3, -0.25) is 0 Å². The molecule has 2 aromatic rings. The molecule has 0 unspecified atom stereocenters. The largest absolute Gasteiger partial charge is 0.222 e. The fraction of sp³-hybridized carbons (Fsp3) is 0.286. The zero-order valence-corrected chi connectivity index (χ0v) is 15.5. The van der Waals surface area contributed by atoms with Crippen molar-refractivity contribution in [3.8, 4) is 0 Å². The van der Waals surface area contributed by atoms with Gasteiger partial charge in [-0.2, -0.15) is 0 Å². The summed E-state index contributed by atoms with van der Waals surface area (Å²) in [6.07, 6.45) is 0. The summed E-state index contributed by atoms with van der Waals surface area (Å²) in [6.45, 7) is 1.27. The minimum Gasteiger partial charge on any atom is -0.222 e. The highest BCUT2D eigenvalue weighted by molar-refractivity contribution is 7.93. The van der Waals surface area contributed by atoms with Gasteiger partial charge in [0.25, 0.3) is 0 Å². The van der Waals surface area contributed by atoms with Gasteiger partial charge in [-0.05, 0) is 36.1 Å². The number of nitrogens with one attached hydrogen (secondary N) is 1. The first-order chi connectivity index (χ1) is 10.8. The molecule has 1 aromatic heterocycles. The van der Waals surface area contributed by atoms with Crippen LogP contribution in [0.1, 0.15) is 17.7 Å². The smallest absolute Gasteiger partial charge is 0.211 e. The molecule has 1 heterocycles. The van der Waals surface area contributed by atoms with Crippen molar-refractivity contribution in [1.82, 2.24) is 4.72 Å². The number of rotatable bonds is 7. The van der Waals surface area contributed by atoms with Gasteiger partial charge in [0, 0.05) is 11.6 Å². The topological polar surface area (TPSA) is 80.3 Å². The van der Waals surface area contributed by atoms with E-state index in [1.54, 1.807) is 35.7 Å². The number of hydrogen-bond acceptors (Lipinski definition) is 5. The van der Waals surface area contributed by atoms with Gasteiger partial charge >= 0.3 is 0 Å². The Bertz CT molecular complexity index is 844. The number of sulfonamides is 1. The Morgan fingerprint density at radius 1 is 1.13 bits per heavy atom. The Kier molecular flexibility index (Phi) is 5.85. The minimum absolute atomic E-state index is 0.112. The van der Waals surface area contributed by atoms with E-state index >= 15 is 0 Å². The first-order valence-corrected chi connectivity index (χ1v) is 11.2. The lowest BCUT2D eigenvalue weighted by molar-refractivity contribution is 0.570. The van der Waals surface area contributed by atoms with Gasteiger partial charge in [0.15, 0.2) is 9.84 Å². The van der Waals surface area contributed by atoms with Crippen LogP contribution < -0.4 is 4.72 Å². The van der Waals surface area contributed by atoms with Gasteiger partial charge < -0.3 is 0 Å². The molecule has 1 aromatic carbocycles. The van der Waals surface area contributed by atoms with Gasteiger partial charge in [0.05, 0.1) is 5.75 Å². The van der Waals surface area contributed by atoms with Gasteiger partial charge in [0.1, 0.15) is 9.46 Å². The molecule has 2 rings (SSSR count). The van der Waals surface area contributed by atoms with Crippen LogP contribution in [0.15, 0.2) is 46.0 Å². The van der Waals surface area contributed by atoms with E-state index in [9.17, 15) is 16.8 Å². The predicted molar refractivity (Wildman–Crippen MR) is 93.2 cm³/mol. The predicted octanol–water partition coefficient (Wildman–Crippen LogP) is 2.86. The van der Waals surface area contributed by atoms with Crippen LogP contribution in [-0.2, 0) is 19.9 Å². The fourth-order valence-corrected chi connectivity index (χ4v) is 5.68. The molecule has 0 saturated carbocycles. The Balaban J connectivity index is 2.41. The summed E-state index contributed by atoms with van der Waals surface area (Å²) >= 11 is 6.95. The molecule has 126 valence electrons. The molecular weight excluding hydrogens is 378 g/mol. The second-order valence-corrected chi connectivity index (χ2v) is 10.6. The summed E-state index contributed by atoms with van der Waals surface area (Å²) in [5, 5.41) is 1.14. The van der Waals surface area contributed by atoms with Crippen LogP contribution in [-0.4, -0.2) is 29.1 Å². The SMILES string of the molecule is CCS(=O)(=O)NC[C@H](c1ccc(Cl)cc1)S(=O)(=O)c1cccs1. The lowest BCUT2D eigenvalue weighted by Crippen LogP contribution is -2.32. The fourth-order valence-electron chi connectivity index (χ4n) is 1.95. The molecule has 0 aliphatic carbocycles. The van der Waals surface area contributed by atoms with Crippen molar-refractivity contribution in [3.63, 3.8) is 0 Å². The Labute approximate surface area is 145 Å². The molecule has 0 bridgehead atoms. The van der Waals surface area contributed by atoms with Gasteiger partial charge in [-0.1, -0.05) is 29.8 Å². The highest BCUT2D eigenvalue weighted by atomic mass is 35.5. The van der Waals surface area contributed by atoms with Gasteiger partial charge in [-0.15, -0.1) is 11.3 Å². The molecule has 5 nitrogen and oxygen atoms in total. The second kappa shape index (κ2) is 7.31. The molecule has 0 spiro atoms. The first-order valence-electron chi connectivity index (χ1n) is 6.76. The summed E-state index contributed by atoms with van der Waals surface area (Å²) in [5.41, 5.74) is 0.488. The van der Waals surface area contributed by atoms with Crippen LogP contribution in [0.3, 0.4) is 0 Å². The van der Waals surface area contributed by atoms with Crippen molar-refractivity contribution in [2.75, 3.05) is 12.3 Å². The van der Waals surface area contributed by atoms with Gasteiger partial charge in [-0.25, -0.2) is 21.6 Å². The van der Waals surface area contributed by atoms with E-state index < -0.39 is 25.1 Å². The Morgan fingerprint density at radius 3 is 2.30 bits per heavy atom. The summed E-state index contributed by atoms with van der Waals surface area (Å²) < 4.78 is 51.6.